The molecule has 0 atom stereocenters. The molecule has 0 fully saturated rings. The molecular formula is C10H16N2O3S2. The van der Waals surface area contributed by atoms with Gasteiger partial charge in [-0.1, -0.05) is 0 Å². The van der Waals surface area contributed by atoms with Crippen LogP contribution in [-0.2, 0) is 10.0 Å². The lowest BCUT2D eigenvalue weighted by molar-refractivity contribution is 0.570. The minimum atomic E-state index is -3.55. The molecule has 0 aliphatic heterocycles. The Morgan fingerprint density at radius 1 is 1.41 bits per heavy atom. The van der Waals surface area contributed by atoms with Crippen molar-refractivity contribution in [1.82, 2.24) is 9.71 Å². The molecule has 5 nitrogen and oxygen atoms in total. The molecule has 0 saturated carbocycles. The van der Waals surface area contributed by atoms with Gasteiger partial charge >= 0.3 is 0 Å². The van der Waals surface area contributed by atoms with E-state index in [9.17, 15) is 13.2 Å². The number of sulfonamides is 1. The Kier molecular flexibility index (Phi) is 4.40. The highest BCUT2D eigenvalue weighted by Gasteiger charge is 2.21. The van der Waals surface area contributed by atoms with Gasteiger partial charge in [-0.3, -0.25) is 4.79 Å². The summed E-state index contributed by atoms with van der Waals surface area (Å²) >= 11 is 1.58. The highest BCUT2D eigenvalue weighted by Crippen LogP contribution is 2.20. The Balaban J connectivity index is 2.83. The van der Waals surface area contributed by atoms with Gasteiger partial charge in [0.15, 0.2) is 0 Å². The highest BCUT2D eigenvalue weighted by atomic mass is 32.2. The molecule has 1 aromatic rings. The molecule has 17 heavy (non-hydrogen) atoms. The van der Waals surface area contributed by atoms with Crippen molar-refractivity contribution in [2.45, 2.75) is 23.5 Å². The standard InChI is InChI=1S/C10H16N2O3S2/c1-10(2,16-3)7-12-17(14,15)8-4-5-9(13)11-6-8/h4-6,12H,7H2,1-3H3,(H,11,13). The van der Waals surface area contributed by atoms with Crippen molar-refractivity contribution >= 4 is 21.8 Å². The molecule has 1 aromatic heterocycles. The predicted octanol–water partition coefficient (Wildman–Crippen LogP) is 0.795. The largest absolute Gasteiger partial charge is 0.328 e. The Labute approximate surface area is 105 Å². The lowest BCUT2D eigenvalue weighted by atomic mass is 10.2. The second-order valence-electron chi connectivity index (χ2n) is 4.18. The van der Waals surface area contributed by atoms with Crippen molar-refractivity contribution in [3.63, 3.8) is 0 Å². The molecular weight excluding hydrogens is 260 g/mol. The third-order valence-corrected chi connectivity index (χ3v) is 4.95. The molecule has 0 aliphatic carbocycles. The van der Waals surface area contributed by atoms with Gasteiger partial charge in [-0.15, -0.1) is 0 Å². The summed E-state index contributed by atoms with van der Waals surface area (Å²) in [6, 6.07) is 2.47. The van der Waals surface area contributed by atoms with Gasteiger partial charge in [-0.25, -0.2) is 13.1 Å². The fourth-order valence-corrected chi connectivity index (χ4v) is 2.47. The molecule has 0 aromatic carbocycles. The van der Waals surface area contributed by atoms with Crippen LogP contribution in [0.25, 0.3) is 0 Å². The summed E-state index contributed by atoms with van der Waals surface area (Å²) in [7, 11) is -3.55. The van der Waals surface area contributed by atoms with E-state index >= 15 is 0 Å². The van der Waals surface area contributed by atoms with Crippen LogP contribution in [0, 0.1) is 0 Å². The second kappa shape index (κ2) is 5.24. The summed E-state index contributed by atoms with van der Waals surface area (Å²) in [4.78, 5) is 13.2. The number of thioether (sulfide) groups is 1. The summed E-state index contributed by atoms with van der Waals surface area (Å²) in [5.74, 6) is 0. The molecule has 0 unspecified atom stereocenters. The molecule has 7 heteroatoms. The summed E-state index contributed by atoms with van der Waals surface area (Å²) in [5, 5.41) is 0. The van der Waals surface area contributed by atoms with E-state index in [1.54, 1.807) is 11.8 Å². The predicted molar refractivity (Wildman–Crippen MR) is 69.8 cm³/mol. The highest BCUT2D eigenvalue weighted by molar-refractivity contribution is 8.00. The molecule has 0 amide bonds. The number of aromatic amines is 1. The van der Waals surface area contributed by atoms with E-state index in [4.69, 9.17) is 0 Å². The Bertz CT molecular complexity index is 514. The van der Waals surface area contributed by atoms with Crippen LogP contribution in [0.2, 0.25) is 0 Å². The molecule has 96 valence electrons. The molecule has 0 aliphatic rings. The van der Waals surface area contributed by atoms with Crippen LogP contribution in [0.4, 0.5) is 0 Å². The maximum Gasteiger partial charge on any atom is 0.247 e. The maximum absolute atomic E-state index is 11.9. The maximum atomic E-state index is 11.9. The molecule has 1 heterocycles. The third-order valence-electron chi connectivity index (χ3n) is 2.31. The van der Waals surface area contributed by atoms with Crippen molar-refractivity contribution in [1.29, 1.82) is 0 Å². The Morgan fingerprint density at radius 2 is 2.06 bits per heavy atom. The second-order valence-corrected chi connectivity index (χ2v) is 7.46. The normalized spacial score (nSPS) is 12.6. The zero-order chi connectivity index (χ0) is 13.1. The minimum Gasteiger partial charge on any atom is -0.328 e. The van der Waals surface area contributed by atoms with Crippen LogP contribution in [0.15, 0.2) is 28.0 Å². The SMILES string of the molecule is CSC(C)(C)CNS(=O)(=O)c1ccc(=O)[nH]c1. The number of H-pyrrole nitrogens is 1. The molecule has 0 radical (unpaired) electrons. The molecule has 1 rings (SSSR count). The number of aromatic nitrogens is 1. The van der Waals surface area contributed by atoms with Crippen LogP contribution in [0.5, 0.6) is 0 Å². The van der Waals surface area contributed by atoms with Gasteiger partial charge in [0.05, 0.1) is 4.90 Å². The molecule has 0 bridgehead atoms. The monoisotopic (exact) mass is 276 g/mol. The van der Waals surface area contributed by atoms with E-state index in [0.717, 1.165) is 0 Å². The van der Waals surface area contributed by atoms with Gasteiger partial charge in [-0.05, 0) is 26.2 Å². The van der Waals surface area contributed by atoms with Crippen molar-refractivity contribution in [3.05, 3.63) is 28.7 Å². The Hall–Kier alpha value is -0.790. The Morgan fingerprint density at radius 3 is 2.53 bits per heavy atom. The minimum absolute atomic E-state index is 0.0639. The van der Waals surface area contributed by atoms with Gasteiger partial charge in [0, 0.05) is 23.6 Å². The van der Waals surface area contributed by atoms with Crippen molar-refractivity contribution in [2.75, 3.05) is 12.8 Å². The third kappa shape index (κ3) is 4.18. The van der Waals surface area contributed by atoms with Crippen molar-refractivity contribution < 1.29 is 8.42 Å². The van der Waals surface area contributed by atoms with E-state index in [1.807, 2.05) is 20.1 Å². The van der Waals surface area contributed by atoms with E-state index in [0.29, 0.717) is 6.54 Å². The lowest BCUT2D eigenvalue weighted by Gasteiger charge is -2.22. The van der Waals surface area contributed by atoms with Crippen LogP contribution in [-0.4, -0.2) is 30.9 Å². The first-order valence-electron chi connectivity index (χ1n) is 5.00. The zero-order valence-corrected chi connectivity index (χ0v) is 11.6. The lowest BCUT2D eigenvalue weighted by Crippen LogP contribution is -2.36. The van der Waals surface area contributed by atoms with Gasteiger partial charge in [0.2, 0.25) is 15.6 Å². The summed E-state index contributed by atoms with van der Waals surface area (Å²) in [6.45, 7) is 4.23. The van der Waals surface area contributed by atoms with Gasteiger partial charge < -0.3 is 4.98 Å². The van der Waals surface area contributed by atoms with Crippen molar-refractivity contribution in [3.8, 4) is 0 Å². The van der Waals surface area contributed by atoms with Gasteiger partial charge in [0.25, 0.3) is 0 Å². The average molecular weight is 276 g/mol. The van der Waals surface area contributed by atoms with E-state index in [-0.39, 0.29) is 15.2 Å². The molecule has 0 spiro atoms. The van der Waals surface area contributed by atoms with Gasteiger partial charge in [0.1, 0.15) is 0 Å². The first-order valence-corrected chi connectivity index (χ1v) is 7.71. The smallest absolute Gasteiger partial charge is 0.247 e. The number of hydrogen-bond donors (Lipinski definition) is 2. The number of nitrogens with one attached hydrogen (secondary N) is 2. The van der Waals surface area contributed by atoms with Crippen LogP contribution < -0.4 is 10.3 Å². The van der Waals surface area contributed by atoms with E-state index in [1.165, 1.54) is 18.3 Å². The fraction of sp³-hybridized carbons (Fsp3) is 0.500. The first kappa shape index (κ1) is 14.3. The van der Waals surface area contributed by atoms with Crippen LogP contribution in [0.1, 0.15) is 13.8 Å². The van der Waals surface area contributed by atoms with Crippen molar-refractivity contribution in [2.24, 2.45) is 0 Å². The summed E-state index contributed by atoms with van der Waals surface area (Å²) in [6.07, 6.45) is 3.12. The molecule has 0 saturated heterocycles. The summed E-state index contributed by atoms with van der Waals surface area (Å²) in [5.41, 5.74) is -0.326. The first-order chi connectivity index (χ1) is 7.77. The van der Waals surface area contributed by atoms with E-state index in [2.05, 4.69) is 9.71 Å². The van der Waals surface area contributed by atoms with Gasteiger partial charge in [-0.2, -0.15) is 11.8 Å². The topological polar surface area (TPSA) is 79.0 Å². The zero-order valence-electron chi connectivity index (χ0n) is 9.98. The number of pyridine rings is 1. The van der Waals surface area contributed by atoms with Crippen LogP contribution in [0.3, 0.4) is 0 Å². The molecule has 2 N–H and O–H groups in total. The van der Waals surface area contributed by atoms with E-state index < -0.39 is 10.0 Å². The van der Waals surface area contributed by atoms with Crippen LogP contribution >= 0.6 is 11.8 Å². The number of hydrogen-bond acceptors (Lipinski definition) is 4. The fourth-order valence-electron chi connectivity index (χ4n) is 0.988. The quantitative estimate of drug-likeness (QED) is 0.833. The average Bonchev–Trinajstić information content (AvgIpc) is 2.27. The summed E-state index contributed by atoms with van der Waals surface area (Å²) < 4.78 is 26.1. The number of rotatable bonds is 5.